The number of fused-ring (bicyclic) bond motifs is 1. The lowest BCUT2D eigenvalue weighted by atomic mass is 10.0. The SMILES string of the molecule is CCOc1ccc2ccccc2c1C(=O)N1CCSC(c2ccccc2Cl)CC1. The maximum atomic E-state index is 13.6. The highest BCUT2D eigenvalue weighted by atomic mass is 35.5. The third kappa shape index (κ3) is 4.24. The van der Waals surface area contributed by atoms with Crippen molar-refractivity contribution in [1.82, 2.24) is 4.90 Å². The van der Waals surface area contributed by atoms with E-state index in [4.69, 9.17) is 16.3 Å². The van der Waals surface area contributed by atoms with Gasteiger partial charge in [-0.25, -0.2) is 0 Å². The van der Waals surface area contributed by atoms with Gasteiger partial charge in [0.15, 0.2) is 0 Å². The van der Waals surface area contributed by atoms with Crippen molar-refractivity contribution in [1.29, 1.82) is 0 Å². The number of benzene rings is 3. The zero-order valence-corrected chi connectivity index (χ0v) is 18.0. The van der Waals surface area contributed by atoms with Crippen LogP contribution >= 0.6 is 23.4 Å². The fourth-order valence-electron chi connectivity index (χ4n) is 3.86. The van der Waals surface area contributed by atoms with Crippen LogP contribution in [0.15, 0.2) is 60.7 Å². The van der Waals surface area contributed by atoms with E-state index in [0.717, 1.165) is 40.1 Å². The number of ether oxygens (including phenoxy) is 1. The van der Waals surface area contributed by atoms with Gasteiger partial charge in [-0.1, -0.05) is 60.1 Å². The van der Waals surface area contributed by atoms with Crippen molar-refractivity contribution in [3.05, 3.63) is 76.8 Å². The minimum Gasteiger partial charge on any atom is -0.493 e. The standard InChI is InChI=1S/C24H24ClNO2S/c1-2-28-21-12-11-17-7-3-4-8-18(17)23(21)24(27)26-14-13-22(29-16-15-26)19-9-5-6-10-20(19)25/h3-12,22H,2,13-16H2,1H3. The molecule has 0 radical (unpaired) electrons. The van der Waals surface area contributed by atoms with E-state index in [2.05, 4.69) is 6.07 Å². The maximum absolute atomic E-state index is 13.6. The van der Waals surface area contributed by atoms with Crippen molar-refractivity contribution in [2.24, 2.45) is 0 Å². The van der Waals surface area contributed by atoms with Crippen LogP contribution in [0.2, 0.25) is 5.02 Å². The minimum absolute atomic E-state index is 0.0469. The number of carbonyl (C=O) groups is 1. The Morgan fingerprint density at radius 1 is 1.10 bits per heavy atom. The second-order valence-corrected chi connectivity index (χ2v) is 8.77. The van der Waals surface area contributed by atoms with Gasteiger partial charge in [0, 0.05) is 29.1 Å². The van der Waals surface area contributed by atoms with Crippen molar-refractivity contribution in [3.63, 3.8) is 0 Å². The summed E-state index contributed by atoms with van der Waals surface area (Å²) in [4.78, 5) is 15.5. The molecule has 0 N–H and O–H groups in total. The molecular formula is C24H24ClNO2S. The number of hydrogen-bond acceptors (Lipinski definition) is 3. The summed E-state index contributed by atoms with van der Waals surface area (Å²) in [6.07, 6.45) is 0.884. The fraction of sp³-hybridized carbons (Fsp3) is 0.292. The van der Waals surface area contributed by atoms with Crippen LogP contribution in [0.3, 0.4) is 0 Å². The molecule has 1 fully saturated rings. The van der Waals surface area contributed by atoms with Crippen LogP contribution in [-0.4, -0.2) is 36.3 Å². The van der Waals surface area contributed by atoms with Gasteiger partial charge in [-0.05, 0) is 41.8 Å². The number of thioether (sulfide) groups is 1. The second kappa shape index (κ2) is 9.10. The number of carbonyl (C=O) groups excluding carboxylic acids is 1. The molecule has 3 aromatic carbocycles. The topological polar surface area (TPSA) is 29.5 Å². The normalized spacial score (nSPS) is 17.2. The van der Waals surface area contributed by atoms with Gasteiger partial charge < -0.3 is 9.64 Å². The average molecular weight is 426 g/mol. The van der Waals surface area contributed by atoms with Gasteiger partial charge in [0.05, 0.1) is 12.2 Å². The van der Waals surface area contributed by atoms with E-state index in [-0.39, 0.29) is 5.91 Å². The molecule has 0 aromatic heterocycles. The molecule has 0 bridgehead atoms. The second-order valence-electron chi connectivity index (χ2n) is 7.05. The monoisotopic (exact) mass is 425 g/mol. The highest BCUT2D eigenvalue weighted by molar-refractivity contribution is 7.99. The Balaban J connectivity index is 1.62. The minimum atomic E-state index is 0.0469. The van der Waals surface area contributed by atoms with E-state index in [1.165, 1.54) is 0 Å². The number of rotatable bonds is 4. The molecular weight excluding hydrogens is 402 g/mol. The van der Waals surface area contributed by atoms with E-state index in [1.54, 1.807) is 0 Å². The van der Waals surface area contributed by atoms with Gasteiger partial charge in [0.1, 0.15) is 5.75 Å². The van der Waals surface area contributed by atoms with Gasteiger partial charge in [-0.15, -0.1) is 0 Å². The third-order valence-corrected chi connectivity index (χ3v) is 6.94. The first-order chi connectivity index (χ1) is 14.2. The van der Waals surface area contributed by atoms with Crippen LogP contribution in [0.4, 0.5) is 0 Å². The lowest BCUT2D eigenvalue weighted by Crippen LogP contribution is -2.33. The summed E-state index contributed by atoms with van der Waals surface area (Å²) in [6.45, 7) is 3.90. The highest BCUT2D eigenvalue weighted by Gasteiger charge is 2.27. The molecule has 1 atom stereocenters. The van der Waals surface area contributed by atoms with E-state index in [9.17, 15) is 4.79 Å². The summed E-state index contributed by atoms with van der Waals surface area (Å²) < 4.78 is 5.82. The molecule has 150 valence electrons. The zero-order chi connectivity index (χ0) is 20.2. The van der Waals surface area contributed by atoms with E-state index >= 15 is 0 Å². The van der Waals surface area contributed by atoms with Crippen LogP contribution in [0, 0.1) is 0 Å². The first kappa shape index (κ1) is 20.1. The van der Waals surface area contributed by atoms with Crippen molar-refractivity contribution >= 4 is 40.0 Å². The van der Waals surface area contributed by atoms with Crippen molar-refractivity contribution in [2.75, 3.05) is 25.4 Å². The molecule has 1 heterocycles. The number of halogens is 1. The van der Waals surface area contributed by atoms with Gasteiger partial charge in [-0.2, -0.15) is 11.8 Å². The molecule has 1 amide bonds. The molecule has 1 aliphatic heterocycles. The summed E-state index contributed by atoms with van der Waals surface area (Å²) in [5.74, 6) is 1.59. The van der Waals surface area contributed by atoms with Crippen LogP contribution in [0.25, 0.3) is 10.8 Å². The Hall–Kier alpha value is -2.17. The third-order valence-electron chi connectivity index (χ3n) is 5.29. The van der Waals surface area contributed by atoms with E-state index in [1.807, 2.05) is 78.2 Å². The summed E-state index contributed by atoms with van der Waals surface area (Å²) in [7, 11) is 0. The Morgan fingerprint density at radius 3 is 2.72 bits per heavy atom. The molecule has 5 heteroatoms. The Labute approximate surface area is 181 Å². The zero-order valence-electron chi connectivity index (χ0n) is 16.4. The van der Waals surface area contributed by atoms with E-state index < -0.39 is 0 Å². The Bertz CT molecular complexity index is 1020. The average Bonchev–Trinajstić information content (AvgIpc) is 3.00. The lowest BCUT2D eigenvalue weighted by Gasteiger charge is -2.23. The quantitative estimate of drug-likeness (QED) is 0.497. The van der Waals surface area contributed by atoms with Crippen LogP contribution < -0.4 is 4.74 Å². The van der Waals surface area contributed by atoms with Gasteiger partial charge >= 0.3 is 0 Å². The maximum Gasteiger partial charge on any atom is 0.258 e. The summed E-state index contributed by atoms with van der Waals surface area (Å²) in [5.41, 5.74) is 1.83. The van der Waals surface area contributed by atoms with Crippen LogP contribution in [0.1, 0.15) is 34.5 Å². The smallest absolute Gasteiger partial charge is 0.258 e. The predicted molar refractivity (Wildman–Crippen MR) is 122 cm³/mol. The molecule has 1 aliphatic rings. The first-order valence-electron chi connectivity index (χ1n) is 9.99. The largest absolute Gasteiger partial charge is 0.493 e. The molecule has 29 heavy (non-hydrogen) atoms. The molecule has 3 nitrogen and oxygen atoms in total. The molecule has 0 aliphatic carbocycles. The summed E-state index contributed by atoms with van der Waals surface area (Å²) in [6, 6.07) is 20.0. The van der Waals surface area contributed by atoms with Crippen molar-refractivity contribution in [2.45, 2.75) is 18.6 Å². The fourth-order valence-corrected chi connectivity index (χ4v) is 5.46. The molecule has 0 saturated carbocycles. The lowest BCUT2D eigenvalue weighted by molar-refractivity contribution is 0.0764. The van der Waals surface area contributed by atoms with Crippen LogP contribution in [0.5, 0.6) is 5.75 Å². The van der Waals surface area contributed by atoms with Gasteiger partial charge in [0.2, 0.25) is 0 Å². The molecule has 4 rings (SSSR count). The Morgan fingerprint density at radius 2 is 1.90 bits per heavy atom. The van der Waals surface area contributed by atoms with Gasteiger partial charge in [0.25, 0.3) is 5.91 Å². The number of nitrogens with zero attached hydrogens (tertiary/aromatic N) is 1. The first-order valence-corrected chi connectivity index (χ1v) is 11.4. The molecule has 1 unspecified atom stereocenters. The van der Waals surface area contributed by atoms with Crippen molar-refractivity contribution in [3.8, 4) is 5.75 Å². The van der Waals surface area contributed by atoms with Crippen molar-refractivity contribution < 1.29 is 9.53 Å². The number of hydrogen-bond donors (Lipinski definition) is 0. The molecule has 3 aromatic rings. The Kier molecular flexibility index (Phi) is 6.31. The molecule has 0 spiro atoms. The van der Waals surface area contributed by atoms with Gasteiger partial charge in [-0.3, -0.25) is 4.79 Å². The summed E-state index contributed by atoms with van der Waals surface area (Å²) in [5, 5.41) is 3.11. The van der Waals surface area contributed by atoms with E-state index in [0.29, 0.717) is 29.7 Å². The molecule has 1 saturated heterocycles. The summed E-state index contributed by atoms with van der Waals surface area (Å²) >= 11 is 8.29. The predicted octanol–water partition coefficient (Wildman–Crippen LogP) is 6.21. The highest BCUT2D eigenvalue weighted by Crippen LogP contribution is 2.38. The van der Waals surface area contributed by atoms with Crippen LogP contribution in [-0.2, 0) is 0 Å². The number of amides is 1.